The number of nitrogens with zero attached hydrogens (tertiary/aromatic N) is 1. The van der Waals surface area contributed by atoms with Crippen molar-refractivity contribution in [3.8, 4) is 0 Å². The molecule has 0 radical (unpaired) electrons. The van der Waals surface area contributed by atoms with E-state index in [1.807, 2.05) is 36.2 Å². The van der Waals surface area contributed by atoms with E-state index in [2.05, 4.69) is 12.2 Å². The van der Waals surface area contributed by atoms with Crippen LogP contribution in [0.3, 0.4) is 0 Å². The summed E-state index contributed by atoms with van der Waals surface area (Å²) in [6, 6.07) is 8.27. The molecule has 1 aliphatic rings. The van der Waals surface area contributed by atoms with Gasteiger partial charge in [0.25, 0.3) is 5.91 Å². The van der Waals surface area contributed by atoms with Gasteiger partial charge in [0.2, 0.25) is 0 Å². The van der Waals surface area contributed by atoms with Gasteiger partial charge in [-0.1, -0.05) is 38.3 Å². The molecule has 1 aromatic rings. The molecule has 3 nitrogen and oxygen atoms in total. The highest BCUT2D eigenvalue weighted by Crippen LogP contribution is 2.24. The maximum atomic E-state index is 12.7. The molecule has 1 aliphatic carbocycles. The lowest BCUT2D eigenvalue weighted by atomic mass is 9.94. The Labute approximate surface area is 122 Å². The second kappa shape index (κ2) is 7.32. The molecule has 1 amide bonds. The zero-order valence-corrected chi connectivity index (χ0v) is 12.7. The summed E-state index contributed by atoms with van der Waals surface area (Å²) in [4.78, 5) is 14.7. The van der Waals surface area contributed by atoms with Crippen molar-refractivity contribution in [3.05, 3.63) is 29.8 Å². The third kappa shape index (κ3) is 3.53. The zero-order valence-electron chi connectivity index (χ0n) is 12.7. The van der Waals surface area contributed by atoms with Crippen LogP contribution < -0.4 is 5.32 Å². The highest BCUT2D eigenvalue weighted by molar-refractivity contribution is 5.99. The van der Waals surface area contributed by atoms with Crippen LogP contribution in [0, 0.1) is 0 Å². The number of benzene rings is 1. The molecule has 1 aromatic carbocycles. The van der Waals surface area contributed by atoms with Crippen molar-refractivity contribution in [3.63, 3.8) is 0 Å². The summed E-state index contributed by atoms with van der Waals surface area (Å²) in [5.74, 6) is 0.149. The molecule has 0 heterocycles. The van der Waals surface area contributed by atoms with Crippen LogP contribution in [-0.2, 0) is 0 Å². The Morgan fingerprint density at radius 1 is 1.25 bits per heavy atom. The minimum Gasteiger partial charge on any atom is -0.384 e. The molecule has 1 N–H and O–H groups in total. The number of carbonyl (C=O) groups is 1. The molecule has 110 valence electrons. The lowest BCUT2D eigenvalue weighted by molar-refractivity contribution is 0.0697. The van der Waals surface area contributed by atoms with Crippen molar-refractivity contribution in [1.82, 2.24) is 4.90 Å². The van der Waals surface area contributed by atoms with Gasteiger partial charge in [0.05, 0.1) is 5.56 Å². The van der Waals surface area contributed by atoms with Gasteiger partial charge in [-0.25, -0.2) is 0 Å². The van der Waals surface area contributed by atoms with Gasteiger partial charge in [-0.15, -0.1) is 0 Å². The van der Waals surface area contributed by atoms with E-state index < -0.39 is 0 Å². The predicted molar refractivity (Wildman–Crippen MR) is 84.2 cm³/mol. The zero-order chi connectivity index (χ0) is 14.4. The van der Waals surface area contributed by atoms with Gasteiger partial charge in [0, 0.05) is 25.3 Å². The number of amides is 1. The Kier molecular flexibility index (Phi) is 5.45. The van der Waals surface area contributed by atoms with Crippen molar-refractivity contribution in [1.29, 1.82) is 0 Å². The number of para-hydroxylation sites is 1. The van der Waals surface area contributed by atoms with Gasteiger partial charge in [0.1, 0.15) is 0 Å². The van der Waals surface area contributed by atoms with E-state index in [0.29, 0.717) is 6.04 Å². The van der Waals surface area contributed by atoms with Crippen LogP contribution in [0.4, 0.5) is 5.69 Å². The Bertz CT molecular complexity index is 438. The van der Waals surface area contributed by atoms with Gasteiger partial charge >= 0.3 is 0 Å². The fraction of sp³-hybridized carbons (Fsp3) is 0.588. The lowest BCUT2D eigenvalue weighted by Crippen LogP contribution is -2.38. The highest BCUT2D eigenvalue weighted by atomic mass is 16.2. The van der Waals surface area contributed by atoms with E-state index in [1.54, 1.807) is 0 Å². The topological polar surface area (TPSA) is 32.3 Å². The summed E-state index contributed by atoms with van der Waals surface area (Å²) >= 11 is 0. The predicted octanol–water partition coefficient (Wildman–Crippen LogP) is 3.91. The summed E-state index contributed by atoms with van der Waals surface area (Å²) < 4.78 is 0. The monoisotopic (exact) mass is 274 g/mol. The van der Waals surface area contributed by atoms with E-state index in [1.165, 1.54) is 19.3 Å². The first kappa shape index (κ1) is 14.9. The molecule has 3 heteroatoms. The van der Waals surface area contributed by atoms with Crippen molar-refractivity contribution >= 4 is 11.6 Å². The van der Waals surface area contributed by atoms with E-state index in [-0.39, 0.29) is 5.91 Å². The maximum Gasteiger partial charge on any atom is 0.255 e. The second-order valence-electron chi connectivity index (χ2n) is 5.68. The van der Waals surface area contributed by atoms with Crippen LogP contribution in [0.15, 0.2) is 24.3 Å². The van der Waals surface area contributed by atoms with Crippen LogP contribution in [0.25, 0.3) is 0 Å². The van der Waals surface area contributed by atoms with Crippen molar-refractivity contribution < 1.29 is 4.79 Å². The average Bonchev–Trinajstić information content (AvgIpc) is 2.52. The SMILES string of the molecule is CCCNc1ccccc1C(=O)N(C)C1CCCCC1. The average molecular weight is 274 g/mol. The van der Waals surface area contributed by atoms with Gasteiger partial charge in [-0.05, 0) is 31.4 Å². The van der Waals surface area contributed by atoms with Gasteiger partial charge in [-0.3, -0.25) is 4.79 Å². The molecule has 0 atom stereocenters. The second-order valence-corrected chi connectivity index (χ2v) is 5.68. The van der Waals surface area contributed by atoms with E-state index >= 15 is 0 Å². The number of rotatable bonds is 5. The first-order valence-corrected chi connectivity index (χ1v) is 7.84. The summed E-state index contributed by atoms with van der Waals surface area (Å²) in [6.07, 6.45) is 7.16. The summed E-state index contributed by atoms with van der Waals surface area (Å²) in [5, 5.41) is 3.35. The molecular weight excluding hydrogens is 248 g/mol. The molecule has 2 rings (SSSR count). The standard InChI is InChI=1S/C17H26N2O/c1-3-13-18-16-12-8-7-11-15(16)17(20)19(2)14-9-5-4-6-10-14/h7-8,11-12,14,18H,3-6,9-10,13H2,1-2H3. The molecular formula is C17H26N2O. The fourth-order valence-corrected chi connectivity index (χ4v) is 2.91. The van der Waals surface area contributed by atoms with Crippen LogP contribution in [-0.4, -0.2) is 30.4 Å². The van der Waals surface area contributed by atoms with E-state index in [0.717, 1.165) is 37.1 Å². The first-order chi connectivity index (χ1) is 9.74. The van der Waals surface area contributed by atoms with Gasteiger partial charge in [-0.2, -0.15) is 0 Å². The molecule has 1 fully saturated rings. The Morgan fingerprint density at radius 2 is 1.95 bits per heavy atom. The minimum absolute atomic E-state index is 0.149. The number of hydrogen-bond donors (Lipinski definition) is 1. The molecule has 0 aliphatic heterocycles. The van der Waals surface area contributed by atoms with E-state index in [9.17, 15) is 4.79 Å². The molecule has 0 unspecified atom stereocenters. The van der Waals surface area contributed by atoms with Gasteiger partial charge in [0.15, 0.2) is 0 Å². The van der Waals surface area contributed by atoms with Crippen LogP contribution in [0.2, 0.25) is 0 Å². The Morgan fingerprint density at radius 3 is 2.65 bits per heavy atom. The van der Waals surface area contributed by atoms with Crippen molar-refractivity contribution in [2.45, 2.75) is 51.5 Å². The summed E-state index contributed by atoms with van der Waals surface area (Å²) in [7, 11) is 1.95. The van der Waals surface area contributed by atoms with Crippen LogP contribution in [0.5, 0.6) is 0 Å². The highest BCUT2D eigenvalue weighted by Gasteiger charge is 2.24. The van der Waals surface area contributed by atoms with Crippen LogP contribution >= 0.6 is 0 Å². The number of hydrogen-bond acceptors (Lipinski definition) is 2. The van der Waals surface area contributed by atoms with Crippen molar-refractivity contribution in [2.75, 3.05) is 18.9 Å². The maximum absolute atomic E-state index is 12.7. The summed E-state index contributed by atoms with van der Waals surface area (Å²) in [5.41, 5.74) is 1.76. The third-order valence-corrected chi connectivity index (χ3v) is 4.17. The molecule has 0 spiro atoms. The molecule has 1 saturated carbocycles. The summed E-state index contributed by atoms with van der Waals surface area (Å²) in [6.45, 7) is 3.03. The normalized spacial score (nSPS) is 15.9. The van der Waals surface area contributed by atoms with Gasteiger partial charge < -0.3 is 10.2 Å². The number of anilines is 1. The largest absolute Gasteiger partial charge is 0.384 e. The van der Waals surface area contributed by atoms with Crippen LogP contribution in [0.1, 0.15) is 55.8 Å². The minimum atomic E-state index is 0.149. The third-order valence-electron chi connectivity index (χ3n) is 4.17. The number of nitrogens with one attached hydrogen (secondary N) is 1. The fourth-order valence-electron chi connectivity index (χ4n) is 2.91. The van der Waals surface area contributed by atoms with E-state index in [4.69, 9.17) is 0 Å². The quantitative estimate of drug-likeness (QED) is 0.882. The first-order valence-electron chi connectivity index (χ1n) is 7.84. The Balaban J connectivity index is 2.11. The molecule has 0 bridgehead atoms. The molecule has 0 saturated heterocycles. The molecule has 20 heavy (non-hydrogen) atoms. The van der Waals surface area contributed by atoms with Crippen molar-refractivity contribution in [2.24, 2.45) is 0 Å². The molecule has 0 aromatic heterocycles. The smallest absolute Gasteiger partial charge is 0.255 e. The Hall–Kier alpha value is -1.51. The number of carbonyl (C=O) groups excluding carboxylic acids is 1. The lowest BCUT2D eigenvalue weighted by Gasteiger charge is -2.31.